The van der Waals surface area contributed by atoms with E-state index in [9.17, 15) is 4.79 Å². The van der Waals surface area contributed by atoms with Gasteiger partial charge in [-0.05, 0) is 55.8 Å². The zero-order valence-electron chi connectivity index (χ0n) is 16.4. The Morgan fingerprint density at radius 2 is 1.82 bits per heavy atom. The monoisotopic (exact) mass is 376 g/mol. The average molecular weight is 377 g/mol. The summed E-state index contributed by atoms with van der Waals surface area (Å²) in [6.45, 7) is 1.08. The van der Waals surface area contributed by atoms with Crippen LogP contribution in [0.1, 0.15) is 43.2 Å². The van der Waals surface area contributed by atoms with E-state index in [4.69, 9.17) is 5.26 Å². The second kappa shape index (κ2) is 9.91. The van der Waals surface area contributed by atoms with Gasteiger partial charge in [-0.1, -0.05) is 37.5 Å². The first-order valence-corrected chi connectivity index (χ1v) is 9.98. The molecule has 0 aliphatic heterocycles. The molecule has 2 aromatic carbocycles. The Hall–Kier alpha value is -2.84. The molecule has 3 rings (SSSR count). The molecule has 0 atom stereocenters. The van der Waals surface area contributed by atoms with E-state index in [1.165, 1.54) is 37.7 Å². The van der Waals surface area contributed by atoms with Crippen molar-refractivity contribution in [2.24, 2.45) is 0 Å². The van der Waals surface area contributed by atoms with E-state index in [0.29, 0.717) is 17.3 Å². The highest BCUT2D eigenvalue weighted by Crippen LogP contribution is 2.24. The van der Waals surface area contributed by atoms with Crippen molar-refractivity contribution in [1.29, 1.82) is 5.26 Å². The molecule has 2 N–H and O–H groups in total. The number of nitrogens with zero attached hydrogens (tertiary/aromatic N) is 2. The van der Waals surface area contributed by atoms with Gasteiger partial charge in [-0.2, -0.15) is 5.26 Å². The molecule has 1 saturated carbocycles. The molecule has 0 radical (unpaired) electrons. The van der Waals surface area contributed by atoms with Crippen LogP contribution in [0.25, 0.3) is 0 Å². The molecule has 0 spiro atoms. The molecular formula is C23H28N4O. The fraction of sp³-hybridized carbons (Fsp3) is 0.391. The Labute approximate surface area is 167 Å². The van der Waals surface area contributed by atoms with Crippen LogP contribution in [0.2, 0.25) is 0 Å². The van der Waals surface area contributed by atoms with Gasteiger partial charge in [-0.25, -0.2) is 0 Å². The van der Waals surface area contributed by atoms with E-state index in [0.717, 1.165) is 12.2 Å². The molecule has 0 heterocycles. The van der Waals surface area contributed by atoms with Crippen molar-refractivity contribution < 1.29 is 4.79 Å². The van der Waals surface area contributed by atoms with Crippen molar-refractivity contribution in [3.05, 3.63) is 59.7 Å². The van der Waals surface area contributed by atoms with Crippen molar-refractivity contribution in [3.63, 3.8) is 0 Å². The maximum atomic E-state index is 12.3. The van der Waals surface area contributed by atoms with Crippen LogP contribution in [0.5, 0.6) is 0 Å². The van der Waals surface area contributed by atoms with Crippen molar-refractivity contribution in [2.75, 3.05) is 24.2 Å². The maximum Gasteiger partial charge on any atom is 0.243 e. The lowest BCUT2D eigenvalue weighted by molar-refractivity contribution is -0.114. The first-order chi connectivity index (χ1) is 13.7. The van der Waals surface area contributed by atoms with Gasteiger partial charge in [0.2, 0.25) is 5.91 Å². The van der Waals surface area contributed by atoms with Gasteiger partial charge in [-0.3, -0.25) is 9.69 Å². The summed E-state index contributed by atoms with van der Waals surface area (Å²) in [6, 6.07) is 17.8. The Morgan fingerprint density at radius 1 is 1.11 bits per heavy atom. The highest BCUT2D eigenvalue weighted by Gasteiger charge is 2.18. The van der Waals surface area contributed by atoms with E-state index >= 15 is 0 Å². The van der Waals surface area contributed by atoms with Gasteiger partial charge in [0.15, 0.2) is 0 Å². The number of anilines is 2. The Bertz CT molecular complexity index is 819. The highest BCUT2D eigenvalue weighted by atomic mass is 16.1. The lowest BCUT2D eigenvalue weighted by Gasteiger charge is -2.31. The van der Waals surface area contributed by atoms with E-state index in [1.54, 1.807) is 24.3 Å². The fourth-order valence-electron chi connectivity index (χ4n) is 3.76. The number of hydrogen-bond acceptors (Lipinski definition) is 4. The van der Waals surface area contributed by atoms with E-state index in [-0.39, 0.29) is 12.5 Å². The summed E-state index contributed by atoms with van der Waals surface area (Å²) >= 11 is 0. The molecule has 0 saturated heterocycles. The zero-order valence-corrected chi connectivity index (χ0v) is 16.4. The third kappa shape index (κ3) is 5.58. The Balaban J connectivity index is 1.55. The average Bonchev–Trinajstić information content (AvgIpc) is 2.74. The topological polar surface area (TPSA) is 68.2 Å². The van der Waals surface area contributed by atoms with E-state index in [2.05, 4.69) is 34.7 Å². The summed E-state index contributed by atoms with van der Waals surface area (Å²) in [4.78, 5) is 14.7. The largest absolute Gasteiger partial charge is 0.376 e. The van der Waals surface area contributed by atoms with E-state index < -0.39 is 0 Å². The minimum atomic E-state index is -0.111. The summed E-state index contributed by atoms with van der Waals surface area (Å²) in [5.41, 5.74) is 3.48. The van der Waals surface area contributed by atoms with Crippen LogP contribution in [0.3, 0.4) is 0 Å². The number of para-hydroxylation sites is 1. The standard InChI is InChI=1S/C23H28N4O/c1-27(21-8-3-2-4-9-21)17-19-7-5-6-10-22(19)25-16-23(28)26-20-13-11-18(15-24)12-14-20/h5-7,10-14,21,25H,2-4,8-9,16-17H2,1H3,(H,26,28). The summed E-state index contributed by atoms with van der Waals surface area (Å²) < 4.78 is 0. The maximum absolute atomic E-state index is 12.3. The van der Waals surface area contributed by atoms with Crippen molar-refractivity contribution in [1.82, 2.24) is 4.90 Å². The first kappa shape index (κ1) is 19.9. The molecule has 5 heteroatoms. The van der Waals surface area contributed by atoms with Gasteiger partial charge in [0, 0.05) is 24.0 Å². The molecule has 146 valence electrons. The normalized spacial score (nSPS) is 14.5. The molecule has 0 bridgehead atoms. The molecule has 28 heavy (non-hydrogen) atoms. The summed E-state index contributed by atoms with van der Waals surface area (Å²) in [5, 5.41) is 15.0. The van der Waals surface area contributed by atoms with Crippen LogP contribution < -0.4 is 10.6 Å². The lowest BCUT2D eigenvalue weighted by atomic mass is 9.94. The predicted octanol–water partition coefficient (Wildman–Crippen LogP) is 4.37. The number of benzene rings is 2. The van der Waals surface area contributed by atoms with Crippen LogP contribution in [-0.4, -0.2) is 30.4 Å². The van der Waals surface area contributed by atoms with Crippen LogP contribution in [0.4, 0.5) is 11.4 Å². The van der Waals surface area contributed by atoms with Crippen LogP contribution >= 0.6 is 0 Å². The van der Waals surface area contributed by atoms with Gasteiger partial charge in [0.1, 0.15) is 0 Å². The van der Waals surface area contributed by atoms with Gasteiger partial charge in [-0.15, -0.1) is 0 Å². The molecule has 1 aliphatic rings. The smallest absolute Gasteiger partial charge is 0.243 e. The quantitative estimate of drug-likeness (QED) is 0.753. The van der Waals surface area contributed by atoms with Crippen LogP contribution in [-0.2, 0) is 11.3 Å². The Morgan fingerprint density at radius 3 is 2.54 bits per heavy atom. The highest BCUT2D eigenvalue weighted by molar-refractivity contribution is 5.93. The number of amides is 1. The van der Waals surface area contributed by atoms with Crippen molar-refractivity contribution in [2.45, 2.75) is 44.7 Å². The van der Waals surface area contributed by atoms with Gasteiger partial charge in [0.25, 0.3) is 0 Å². The molecule has 1 fully saturated rings. The number of rotatable bonds is 7. The molecule has 2 aromatic rings. The van der Waals surface area contributed by atoms with Gasteiger partial charge in [0.05, 0.1) is 18.2 Å². The van der Waals surface area contributed by atoms with Crippen molar-refractivity contribution in [3.8, 4) is 6.07 Å². The van der Waals surface area contributed by atoms with Gasteiger partial charge >= 0.3 is 0 Å². The predicted molar refractivity (Wildman–Crippen MR) is 113 cm³/mol. The summed E-state index contributed by atoms with van der Waals surface area (Å²) in [7, 11) is 2.20. The van der Waals surface area contributed by atoms with E-state index in [1.807, 2.05) is 18.2 Å². The minimum Gasteiger partial charge on any atom is -0.376 e. The SMILES string of the molecule is CN(Cc1ccccc1NCC(=O)Nc1ccc(C#N)cc1)C1CCCCC1. The second-order valence-corrected chi connectivity index (χ2v) is 7.45. The molecule has 1 amide bonds. The molecule has 5 nitrogen and oxygen atoms in total. The molecule has 0 unspecified atom stereocenters. The summed E-state index contributed by atoms with van der Waals surface area (Å²) in [6.07, 6.45) is 6.56. The van der Waals surface area contributed by atoms with Gasteiger partial charge < -0.3 is 10.6 Å². The van der Waals surface area contributed by atoms with Crippen molar-refractivity contribution >= 4 is 17.3 Å². The Kier molecular flexibility index (Phi) is 7.05. The lowest BCUT2D eigenvalue weighted by Crippen LogP contribution is -2.33. The number of hydrogen-bond donors (Lipinski definition) is 2. The number of nitrogens with one attached hydrogen (secondary N) is 2. The third-order valence-corrected chi connectivity index (χ3v) is 5.37. The summed E-state index contributed by atoms with van der Waals surface area (Å²) in [5.74, 6) is -0.111. The third-order valence-electron chi connectivity index (χ3n) is 5.37. The van der Waals surface area contributed by atoms with Crippen LogP contribution in [0.15, 0.2) is 48.5 Å². The zero-order chi connectivity index (χ0) is 19.8. The molecular weight excluding hydrogens is 348 g/mol. The minimum absolute atomic E-state index is 0.111. The first-order valence-electron chi connectivity index (χ1n) is 9.98. The fourth-order valence-corrected chi connectivity index (χ4v) is 3.76. The molecule has 1 aliphatic carbocycles. The number of carbonyl (C=O) groups is 1. The second-order valence-electron chi connectivity index (χ2n) is 7.45. The van der Waals surface area contributed by atoms with Crippen LogP contribution in [0, 0.1) is 11.3 Å². The number of nitriles is 1. The molecule has 0 aromatic heterocycles. The number of carbonyl (C=O) groups excluding carboxylic acids is 1.